The maximum absolute atomic E-state index is 5.21. The Hall–Kier alpha value is -0.120. The predicted molar refractivity (Wildman–Crippen MR) is 57.2 cm³/mol. The van der Waals surface area contributed by atoms with Crippen LogP contribution < -0.4 is 5.32 Å². The van der Waals surface area contributed by atoms with Gasteiger partial charge in [0.15, 0.2) is 6.29 Å². The Kier molecular flexibility index (Phi) is 4.85. The summed E-state index contributed by atoms with van der Waals surface area (Å²) in [6, 6.07) is 0.826. The van der Waals surface area contributed by atoms with Gasteiger partial charge in [0.25, 0.3) is 0 Å². The van der Waals surface area contributed by atoms with Gasteiger partial charge in [-0.05, 0) is 32.6 Å². The summed E-state index contributed by atoms with van der Waals surface area (Å²) in [5, 5.41) is 3.53. The molecule has 0 aromatic rings. The minimum absolute atomic E-state index is 0.141. The van der Waals surface area contributed by atoms with E-state index in [2.05, 4.69) is 19.2 Å². The number of hydrogen-bond donors (Lipinski definition) is 1. The van der Waals surface area contributed by atoms with Gasteiger partial charge in [-0.25, -0.2) is 0 Å². The molecule has 0 aliphatic heterocycles. The van der Waals surface area contributed by atoms with Gasteiger partial charge in [-0.2, -0.15) is 0 Å². The lowest BCUT2D eigenvalue weighted by molar-refractivity contribution is -0.122. The fourth-order valence-corrected chi connectivity index (χ4v) is 2.07. The second-order valence-electron chi connectivity index (χ2n) is 4.27. The van der Waals surface area contributed by atoms with Crippen molar-refractivity contribution in [3.8, 4) is 0 Å². The molecule has 0 radical (unpaired) electrons. The lowest BCUT2D eigenvalue weighted by Crippen LogP contribution is -2.47. The third-order valence-corrected chi connectivity index (χ3v) is 3.26. The Balaban J connectivity index is 2.26. The molecule has 1 saturated carbocycles. The highest BCUT2D eigenvalue weighted by molar-refractivity contribution is 4.82. The van der Waals surface area contributed by atoms with Gasteiger partial charge < -0.3 is 14.8 Å². The molecule has 0 aromatic carbocycles. The summed E-state index contributed by atoms with van der Waals surface area (Å²) in [6.07, 6.45) is 3.98. The van der Waals surface area contributed by atoms with Crippen LogP contribution in [0.5, 0.6) is 0 Å². The monoisotopic (exact) mass is 201 g/mol. The molecule has 0 saturated heterocycles. The third kappa shape index (κ3) is 2.94. The van der Waals surface area contributed by atoms with Crippen LogP contribution in [0.3, 0.4) is 0 Å². The van der Waals surface area contributed by atoms with Gasteiger partial charge in [0.2, 0.25) is 0 Å². The first kappa shape index (κ1) is 12.0. The van der Waals surface area contributed by atoms with Crippen LogP contribution in [0.1, 0.15) is 33.1 Å². The van der Waals surface area contributed by atoms with Gasteiger partial charge in [-0.3, -0.25) is 0 Å². The van der Waals surface area contributed by atoms with E-state index in [0.717, 1.165) is 5.92 Å². The zero-order chi connectivity index (χ0) is 10.6. The van der Waals surface area contributed by atoms with E-state index in [-0.39, 0.29) is 12.3 Å². The van der Waals surface area contributed by atoms with Crippen LogP contribution in [0.2, 0.25) is 0 Å². The van der Waals surface area contributed by atoms with Gasteiger partial charge in [0.05, 0.1) is 6.04 Å². The quantitative estimate of drug-likeness (QED) is 0.664. The number of methoxy groups -OCH3 is 2. The maximum Gasteiger partial charge on any atom is 0.171 e. The van der Waals surface area contributed by atoms with Gasteiger partial charge in [0.1, 0.15) is 0 Å². The first-order valence-electron chi connectivity index (χ1n) is 5.50. The standard InChI is InChI=1S/C11H23NO2/c1-8(10-6-5-7-10)12-9(2)11(13-3)14-4/h8-12H,5-7H2,1-4H3. The fraction of sp³-hybridized carbons (Fsp3) is 1.00. The Morgan fingerprint density at radius 3 is 2.07 bits per heavy atom. The lowest BCUT2D eigenvalue weighted by Gasteiger charge is -2.35. The van der Waals surface area contributed by atoms with Crippen molar-refractivity contribution in [2.45, 2.75) is 51.5 Å². The van der Waals surface area contributed by atoms with Crippen LogP contribution in [0.4, 0.5) is 0 Å². The molecule has 2 unspecified atom stereocenters. The van der Waals surface area contributed by atoms with Crippen molar-refractivity contribution in [2.75, 3.05) is 14.2 Å². The SMILES string of the molecule is COC(OC)C(C)NC(C)C1CCC1. The molecule has 1 fully saturated rings. The smallest absolute Gasteiger partial charge is 0.171 e. The molecule has 84 valence electrons. The minimum atomic E-state index is -0.141. The second-order valence-corrected chi connectivity index (χ2v) is 4.27. The second kappa shape index (κ2) is 5.69. The summed E-state index contributed by atoms with van der Waals surface area (Å²) < 4.78 is 10.4. The summed E-state index contributed by atoms with van der Waals surface area (Å²) in [7, 11) is 3.36. The molecule has 0 heterocycles. The summed E-state index contributed by atoms with van der Waals surface area (Å²) in [5.41, 5.74) is 0. The molecule has 0 bridgehead atoms. The van der Waals surface area contributed by atoms with E-state index in [9.17, 15) is 0 Å². The molecule has 0 spiro atoms. The van der Waals surface area contributed by atoms with E-state index in [0.29, 0.717) is 6.04 Å². The molecule has 1 rings (SSSR count). The zero-order valence-electron chi connectivity index (χ0n) is 9.75. The molecule has 0 amide bonds. The van der Waals surface area contributed by atoms with Crippen molar-refractivity contribution in [3.05, 3.63) is 0 Å². The Labute approximate surface area is 87.2 Å². The zero-order valence-corrected chi connectivity index (χ0v) is 9.75. The third-order valence-electron chi connectivity index (χ3n) is 3.26. The maximum atomic E-state index is 5.21. The minimum Gasteiger partial charge on any atom is -0.354 e. The average Bonchev–Trinajstić information content (AvgIpc) is 2.02. The highest BCUT2D eigenvalue weighted by atomic mass is 16.7. The molecule has 1 aliphatic rings. The molecular formula is C11H23NO2. The molecule has 2 atom stereocenters. The molecule has 1 N–H and O–H groups in total. The summed E-state index contributed by atoms with van der Waals surface area (Å²) >= 11 is 0. The molecule has 1 aliphatic carbocycles. The van der Waals surface area contributed by atoms with Crippen LogP contribution in [0.15, 0.2) is 0 Å². The van der Waals surface area contributed by atoms with E-state index in [1.165, 1.54) is 19.3 Å². The predicted octanol–water partition coefficient (Wildman–Crippen LogP) is 1.77. The molecule has 3 heteroatoms. The fourth-order valence-electron chi connectivity index (χ4n) is 2.07. The van der Waals surface area contributed by atoms with Crippen LogP contribution in [0, 0.1) is 5.92 Å². The van der Waals surface area contributed by atoms with Crippen molar-refractivity contribution < 1.29 is 9.47 Å². The number of nitrogens with one attached hydrogen (secondary N) is 1. The van der Waals surface area contributed by atoms with Gasteiger partial charge >= 0.3 is 0 Å². The Morgan fingerprint density at radius 2 is 1.71 bits per heavy atom. The van der Waals surface area contributed by atoms with Crippen molar-refractivity contribution in [1.29, 1.82) is 0 Å². The van der Waals surface area contributed by atoms with E-state index in [1.54, 1.807) is 14.2 Å². The van der Waals surface area contributed by atoms with Crippen LogP contribution in [-0.2, 0) is 9.47 Å². The highest BCUT2D eigenvalue weighted by Crippen LogP contribution is 2.29. The molecule has 0 aromatic heterocycles. The average molecular weight is 201 g/mol. The number of hydrogen-bond acceptors (Lipinski definition) is 3. The lowest BCUT2D eigenvalue weighted by atomic mass is 9.80. The number of rotatable bonds is 6. The summed E-state index contributed by atoms with van der Waals surface area (Å²) in [6.45, 7) is 4.36. The normalized spacial score (nSPS) is 22.1. The van der Waals surface area contributed by atoms with Crippen molar-refractivity contribution in [3.63, 3.8) is 0 Å². The van der Waals surface area contributed by atoms with E-state index in [1.807, 2.05) is 0 Å². The van der Waals surface area contributed by atoms with E-state index < -0.39 is 0 Å². The molecule has 14 heavy (non-hydrogen) atoms. The summed E-state index contributed by atoms with van der Waals surface area (Å²) in [5.74, 6) is 0.854. The van der Waals surface area contributed by atoms with Gasteiger partial charge in [0, 0.05) is 20.3 Å². The molecule has 3 nitrogen and oxygen atoms in total. The Morgan fingerprint density at radius 1 is 1.14 bits per heavy atom. The molecular weight excluding hydrogens is 178 g/mol. The highest BCUT2D eigenvalue weighted by Gasteiger charge is 2.26. The first-order valence-corrected chi connectivity index (χ1v) is 5.50. The first-order chi connectivity index (χ1) is 6.69. The van der Waals surface area contributed by atoms with Crippen LogP contribution in [-0.4, -0.2) is 32.6 Å². The van der Waals surface area contributed by atoms with Crippen molar-refractivity contribution in [1.82, 2.24) is 5.32 Å². The van der Waals surface area contributed by atoms with Crippen molar-refractivity contribution >= 4 is 0 Å². The van der Waals surface area contributed by atoms with Crippen molar-refractivity contribution in [2.24, 2.45) is 5.92 Å². The van der Waals surface area contributed by atoms with Gasteiger partial charge in [-0.15, -0.1) is 0 Å². The summed E-state index contributed by atoms with van der Waals surface area (Å²) in [4.78, 5) is 0. The van der Waals surface area contributed by atoms with Gasteiger partial charge in [-0.1, -0.05) is 6.42 Å². The van der Waals surface area contributed by atoms with E-state index in [4.69, 9.17) is 9.47 Å². The number of ether oxygens (including phenoxy) is 2. The topological polar surface area (TPSA) is 30.5 Å². The van der Waals surface area contributed by atoms with Crippen LogP contribution in [0.25, 0.3) is 0 Å². The van der Waals surface area contributed by atoms with E-state index >= 15 is 0 Å². The van der Waals surface area contributed by atoms with Crippen LogP contribution >= 0.6 is 0 Å². The largest absolute Gasteiger partial charge is 0.354 e. The Bertz CT molecular complexity index is 155.